The van der Waals surface area contributed by atoms with Crippen molar-refractivity contribution in [1.82, 2.24) is 5.32 Å². The largest absolute Gasteiger partial charge is 0.389 e. The topological polar surface area (TPSA) is 97.7 Å². The lowest BCUT2D eigenvalue weighted by Gasteiger charge is -2.29. The minimum atomic E-state index is -0.851. The molecular weight excluding hydrogens is 148 g/mol. The van der Waals surface area contributed by atoms with Crippen molar-refractivity contribution in [2.75, 3.05) is 6.54 Å². The maximum atomic E-state index is 9.34. The van der Waals surface area contributed by atoms with Gasteiger partial charge in [0.05, 0.1) is 6.04 Å². The van der Waals surface area contributed by atoms with E-state index >= 15 is 0 Å². The molecule has 0 saturated carbocycles. The summed E-state index contributed by atoms with van der Waals surface area (Å²) in [6, 6.07) is -0.0900. The van der Waals surface area contributed by atoms with Gasteiger partial charge in [0.2, 0.25) is 0 Å². The average molecular weight is 160 g/mol. The van der Waals surface area contributed by atoms with E-state index in [0.717, 1.165) is 0 Å². The van der Waals surface area contributed by atoms with Crippen molar-refractivity contribution < 1.29 is 14.9 Å². The first kappa shape index (κ1) is 7.45. The van der Waals surface area contributed by atoms with E-state index in [9.17, 15) is 10.2 Å². The van der Waals surface area contributed by atoms with Crippen LogP contribution < -0.4 is 11.1 Å². The number of hydrogen-bond acceptors (Lipinski definition) is 5. The summed E-state index contributed by atoms with van der Waals surface area (Å²) < 4.78 is 5.25. The second kappa shape index (κ2) is 2.40. The van der Waals surface area contributed by atoms with Gasteiger partial charge in [-0.15, -0.1) is 0 Å². The minimum Gasteiger partial charge on any atom is -0.389 e. The molecule has 0 aliphatic carbocycles. The van der Waals surface area contributed by atoms with Crippen LogP contribution in [-0.4, -0.2) is 47.3 Å². The normalized spacial score (nSPS) is 55.4. The van der Waals surface area contributed by atoms with Crippen LogP contribution in [-0.2, 0) is 4.74 Å². The Morgan fingerprint density at radius 3 is 2.73 bits per heavy atom. The Morgan fingerprint density at radius 1 is 1.36 bits per heavy atom. The zero-order chi connectivity index (χ0) is 8.01. The number of nitrogens with two attached hydrogens (primary N) is 1. The Bertz CT molecular complexity index is 166. The summed E-state index contributed by atoms with van der Waals surface area (Å²) in [4.78, 5) is 0. The van der Waals surface area contributed by atoms with E-state index in [-0.39, 0.29) is 18.8 Å². The first-order valence-electron chi connectivity index (χ1n) is 3.71. The minimum absolute atomic E-state index is 0.0900. The molecule has 0 aromatic rings. The molecule has 5 heteroatoms. The Balaban J connectivity index is 2.03. The molecular formula is C6H12N2O3. The van der Waals surface area contributed by atoms with Gasteiger partial charge in [-0.2, -0.15) is 0 Å². The third-order valence-electron chi connectivity index (χ3n) is 2.23. The fourth-order valence-electron chi connectivity index (χ4n) is 1.43. The SMILES string of the molecule is NCC1O[C@@H]2NC2[C@@H](O)[C@@H]1O. The van der Waals surface area contributed by atoms with Crippen LogP contribution in [0.5, 0.6) is 0 Å². The zero-order valence-electron chi connectivity index (χ0n) is 5.97. The molecule has 0 aromatic carbocycles. The van der Waals surface area contributed by atoms with Crippen molar-refractivity contribution in [1.29, 1.82) is 0 Å². The molecule has 2 aliphatic heterocycles. The Hall–Kier alpha value is -0.200. The van der Waals surface area contributed by atoms with Crippen molar-refractivity contribution >= 4 is 0 Å². The van der Waals surface area contributed by atoms with Crippen molar-refractivity contribution in [3.63, 3.8) is 0 Å². The summed E-state index contributed by atoms with van der Waals surface area (Å²) in [5, 5.41) is 21.6. The number of aliphatic hydroxyl groups excluding tert-OH is 2. The quantitative estimate of drug-likeness (QED) is 0.314. The highest BCUT2D eigenvalue weighted by molar-refractivity contribution is 5.05. The highest BCUT2D eigenvalue weighted by Gasteiger charge is 2.53. The molecule has 2 rings (SSSR count). The molecule has 11 heavy (non-hydrogen) atoms. The Labute approximate surface area is 64.1 Å². The standard InChI is InChI=1S/C6H12N2O3/c7-1-2-4(9)5(10)3-6(8-3)11-2/h2-6,8-10H,1,7H2/t2?,3?,4-,5-,6+/m1/s1. The number of hydrogen-bond donors (Lipinski definition) is 4. The lowest BCUT2D eigenvalue weighted by atomic mass is 10.0. The molecule has 2 fully saturated rings. The van der Waals surface area contributed by atoms with Gasteiger partial charge >= 0.3 is 0 Å². The van der Waals surface area contributed by atoms with E-state index in [1.165, 1.54) is 0 Å². The Kier molecular flexibility index (Phi) is 1.62. The summed E-state index contributed by atoms with van der Waals surface area (Å²) >= 11 is 0. The predicted octanol–water partition coefficient (Wildman–Crippen LogP) is -2.64. The molecule has 0 bridgehead atoms. The van der Waals surface area contributed by atoms with Crippen LogP contribution in [0.1, 0.15) is 0 Å². The Morgan fingerprint density at radius 2 is 2.09 bits per heavy atom. The van der Waals surface area contributed by atoms with Crippen molar-refractivity contribution in [2.24, 2.45) is 5.73 Å². The smallest absolute Gasteiger partial charge is 0.127 e. The highest BCUT2D eigenvalue weighted by Crippen LogP contribution is 2.27. The van der Waals surface area contributed by atoms with Crippen LogP contribution >= 0.6 is 0 Å². The zero-order valence-corrected chi connectivity index (χ0v) is 5.97. The van der Waals surface area contributed by atoms with E-state index in [1.54, 1.807) is 0 Å². The molecule has 5 nitrogen and oxygen atoms in total. The summed E-state index contributed by atoms with van der Waals surface area (Å²) in [6.07, 6.45) is -2.11. The number of rotatable bonds is 1. The van der Waals surface area contributed by atoms with Gasteiger partial charge in [-0.3, -0.25) is 5.32 Å². The number of fused-ring (bicyclic) bond motifs is 1. The van der Waals surface area contributed by atoms with Gasteiger partial charge in [0.15, 0.2) is 0 Å². The number of ether oxygens (including phenoxy) is 1. The van der Waals surface area contributed by atoms with Crippen molar-refractivity contribution in [2.45, 2.75) is 30.6 Å². The van der Waals surface area contributed by atoms with Gasteiger partial charge in [-0.05, 0) is 0 Å². The second-order valence-electron chi connectivity index (χ2n) is 3.00. The molecule has 2 unspecified atom stereocenters. The van der Waals surface area contributed by atoms with Gasteiger partial charge in [-0.1, -0.05) is 0 Å². The average Bonchev–Trinajstić information content (AvgIpc) is 2.75. The summed E-state index contributed by atoms with van der Waals surface area (Å²) in [6.45, 7) is 0.239. The van der Waals surface area contributed by atoms with Gasteiger partial charge in [0.1, 0.15) is 24.5 Å². The summed E-state index contributed by atoms with van der Waals surface area (Å²) in [5.74, 6) is 0. The predicted molar refractivity (Wildman–Crippen MR) is 36.7 cm³/mol. The fourth-order valence-corrected chi connectivity index (χ4v) is 1.43. The van der Waals surface area contributed by atoms with E-state index in [1.807, 2.05) is 0 Å². The maximum Gasteiger partial charge on any atom is 0.127 e. The molecule has 2 saturated heterocycles. The lowest BCUT2D eigenvalue weighted by Crippen LogP contribution is -2.50. The van der Waals surface area contributed by atoms with Crippen LogP contribution in [0, 0.1) is 0 Å². The molecule has 0 radical (unpaired) electrons. The van der Waals surface area contributed by atoms with Crippen molar-refractivity contribution in [3.8, 4) is 0 Å². The molecule has 5 atom stereocenters. The fraction of sp³-hybridized carbons (Fsp3) is 1.00. The third kappa shape index (κ3) is 1.05. The molecule has 0 amide bonds. The van der Waals surface area contributed by atoms with Gasteiger partial charge in [0.25, 0.3) is 0 Å². The maximum absolute atomic E-state index is 9.34. The van der Waals surface area contributed by atoms with Gasteiger partial charge in [0, 0.05) is 6.54 Å². The number of nitrogens with one attached hydrogen (secondary N) is 1. The monoisotopic (exact) mass is 160 g/mol. The van der Waals surface area contributed by atoms with Crippen molar-refractivity contribution in [3.05, 3.63) is 0 Å². The molecule has 2 aliphatic rings. The summed E-state index contributed by atoms with van der Waals surface area (Å²) in [5.41, 5.74) is 5.31. The molecule has 2 heterocycles. The van der Waals surface area contributed by atoms with E-state index in [2.05, 4.69) is 5.32 Å². The van der Waals surface area contributed by atoms with Crippen LogP contribution in [0.2, 0.25) is 0 Å². The molecule has 64 valence electrons. The van der Waals surface area contributed by atoms with Crippen LogP contribution in [0.4, 0.5) is 0 Å². The summed E-state index contributed by atoms with van der Waals surface area (Å²) in [7, 11) is 0. The van der Waals surface area contributed by atoms with Crippen LogP contribution in [0.15, 0.2) is 0 Å². The lowest BCUT2D eigenvalue weighted by molar-refractivity contribution is -0.123. The van der Waals surface area contributed by atoms with E-state index < -0.39 is 18.3 Å². The van der Waals surface area contributed by atoms with E-state index in [4.69, 9.17) is 10.5 Å². The molecule has 5 N–H and O–H groups in total. The van der Waals surface area contributed by atoms with Gasteiger partial charge in [-0.25, -0.2) is 0 Å². The van der Waals surface area contributed by atoms with Crippen LogP contribution in [0.25, 0.3) is 0 Å². The molecule has 0 spiro atoms. The second-order valence-corrected chi connectivity index (χ2v) is 3.00. The number of aliphatic hydroxyl groups is 2. The highest BCUT2D eigenvalue weighted by atomic mass is 16.5. The van der Waals surface area contributed by atoms with Crippen LogP contribution in [0.3, 0.4) is 0 Å². The molecule has 0 aromatic heterocycles. The van der Waals surface area contributed by atoms with E-state index in [0.29, 0.717) is 0 Å². The van der Waals surface area contributed by atoms with Gasteiger partial charge < -0.3 is 20.7 Å². The first-order valence-corrected chi connectivity index (χ1v) is 3.71. The third-order valence-corrected chi connectivity index (χ3v) is 2.23. The first-order chi connectivity index (χ1) is 5.24.